The molecule has 234 valence electrons. The van der Waals surface area contributed by atoms with Crippen LogP contribution in [0.5, 0.6) is 11.5 Å². The van der Waals surface area contributed by atoms with Crippen LogP contribution in [0.15, 0.2) is 176 Å². The first kappa shape index (κ1) is 28.4. The van der Waals surface area contributed by atoms with Gasteiger partial charge < -0.3 is 4.74 Å². The van der Waals surface area contributed by atoms with Crippen molar-refractivity contribution in [2.45, 2.75) is 5.41 Å². The monoisotopic (exact) mass is 639 g/mol. The first-order valence-corrected chi connectivity index (χ1v) is 16.9. The van der Waals surface area contributed by atoms with E-state index >= 15 is 0 Å². The van der Waals surface area contributed by atoms with E-state index in [-0.39, 0.29) is 0 Å². The van der Waals surface area contributed by atoms with Crippen LogP contribution >= 0.6 is 0 Å². The quantitative estimate of drug-likeness (QED) is 0.192. The molecule has 8 aromatic rings. The Morgan fingerprint density at radius 2 is 0.900 bits per heavy atom. The van der Waals surface area contributed by atoms with Gasteiger partial charge in [0.2, 0.25) is 0 Å². The van der Waals surface area contributed by atoms with Crippen LogP contribution < -0.4 is 4.74 Å². The molecule has 0 N–H and O–H groups in total. The second-order valence-corrected chi connectivity index (χ2v) is 12.8. The summed E-state index contributed by atoms with van der Waals surface area (Å²) in [6.45, 7) is 0. The largest absolute Gasteiger partial charge is 0.457 e. The molecule has 0 unspecified atom stereocenters. The molecule has 4 nitrogen and oxygen atoms in total. The van der Waals surface area contributed by atoms with Crippen molar-refractivity contribution >= 4 is 0 Å². The number of benzene rings is 6. The fraction of sp³-hybridized carbons (Fsp3) is 0.0217. The summed E-state index contributed by atoms with van der Waals surface area (Å²) in [5.74, 6) is 2.36. The Morgan fingerprint density at radius 1 is 0.380 bits per heavy atom. The summed E-state index contributed by atoms with van der Waals surface area (Å²) in [6, 6.07) is 59.3. The number of hydrogen-bond donors (Lipinski definition) is 0. The van der Waals surface area contributed by atoms with Gasteiger partial charge in [0.25, 0.3) is 0 Å². The molecule has 1 spiro atoms. The Hall–Kier alpha value is -6.65. The van der Waals surface area contributed by atoms with E-state index in [1.807, 2.05) is 54.7 Å². The minimum absolute atomic E-state index is 0.631. The molecule has 0 atom stereocenters. The van der Waals surface area contributed by atoms with Gasteiger partial charge in [0.15, 0.2) is 5.82 Å². The number of nitrogens with zero attached hydrogens (tertiary/aromatic N) is 3. The van der Waals surface area contributed by atoms with Gasteiger partial charge >= 0.3 is 0 Å². The summed E-state index contributed by atoms with van der Waals surface area (Å²) in [4.78, 5) is 14.9. The maximum atomic E-state index is 6.81. The number of pyridine rings is 1. The lowest BCUT2D eigenvalue weighted by Gasteiger charge is -2.40. The average molecular weight is 640 g/mol. The predicted molar refractivity (Wildman–Crippen MR) is 199 cm³/mol. The summed E-state index contributed by atoms with van der Waals surface area (Å²) in [5, 5.41) is 0. The topological polar surface area (TPSA) is 47.9 Å². The minimum atomic E-state index is -0.631. The Balaban J connectivity index is 1.25. The molecule has 2 aromatic heterocycles. The highest BCUT2D eigenvalue weighted by Gasteiger charge is 2.51. The number of rotatable bonds is 4. The molecule has 10 rings (SSSR count). The third-order valence-electron chi connectivity index (χ3n) is 10.0. The van der Waals surface area contributed by atoms with Crippen LogP contribution in [-0.4, -0.2) is 15.0 Å². The van der Waals surface area contributed by atoms with Gasteiger partial charge in [-0.2, -0.15) is 0 Å². The second kappa shape index (κ2) is 11.2. The van der Waals surface area contributed by atoms with Gasteiger partial charge in [-0.25, -0.2) is 9.97 Å². The van der Waals surface area contributed by atoms with Gasteiger partial charge in [-0.1, -0.05) is 115 Å². The van der Waals surface area contributed by atoms with E-state index in [0.717, 1.165) is 62.0 Å². The molecular formula is C46H29N3O. The van der Waals surface area contributed by atoms with E-state index in [9.17, 15) is 0 Å². The molecule has 0 saturated heterocycles. The SMILES string of the molecule is c1ccc(-c2cc(-c3ccc4c(c3)C3(c5cc(-c6ccccn6)ccc5O4)c4ccccc4-c4ccccc43)nc(-c3ccccc3)n2)cc1. The Labute approximate surface area is 290 Å². The van der Waals surface area contributed by atoms with Gasteiger partial charge in [-0.3, -0.25) is 4.98 Å². The van der Waals surface area contributed by atoms with Crippen molar-refractivity contribution < 1.29 is 4.74 Å². The molecule has 3 heterocycles. The van der Waals surface area contributed by atoms with Crippen LogP contribution in [0.4, 0.5) is 0 Å². The fourth-order valence-electron chi connectivity index (χ4n) is 7.82. The molecule has 0 saturated carbocycles. The van der Waals surface area contributed by atoms with Crippen molar-refractivity contribution in [3.63, 3.8) is 0 Å². The molecule has 6 aromatic carbocycles. The van der Waals surface area contributed by atoms with E-state index in [0.29, 0.717) is 5.82 Å². The first-order chi connectivity index (χ1) is 24.8. The van der Waals surface area contributed by atoms with Gasteiger partial charge in [0.1, 0.15) is 11.5 Å². The summed E-state index contributed by atoms with van der Waals surface area (Å²) >= 11 is 0. The lowest BCUT2D eigenvalue weighted by Crippen LogP contribution is -2.32. The average Bonchev–Trinajstić information content (AvgIpc) is 3.49. The summed E-state index contributed by atoms with van der Waals surface area (Å²) in [7, 11) is 0. The van der Waals surface area contributed by atoms with Crippen LogP contribution in [-0.2, 0) is 5.41 Å². The summed E-state index contributed by atoms with van der Waals surface area (Å²) < 4.78 is 6.81. The highest BCUT2D eigenvalue weighted by Crippen LogP contribution is 2.62. The minimum Gasteiger partial charge on any atom is -0.457 e. The Bertz CT molecular complexity index is 2460. The Kier molecular flexibility index (Phi) is 6.36. The standard InChI is InChI=1S/C46H29N3O/c1-3-13-30(14-4-1)41-29-42(49-45(48-41)31-15-5-2-6-16-31)33-23-25-44-39(28-33)46(36-19-9-7-17-34(36)35-18-8-10-20-37(35)46)38-27-32(22-24-43(38)50-44)40-21-11-12-26-47-40/h1-29H. The molecule has 2 aliphatic rings. The van der Waals surface area contributed by atoms with Crippen molar-refractivity contribution in [1.82, 2.24) is 15.0 Å². The van der Waals surface area contributed by atoms with Gasteiger partial charge in [0.05, 0.1) is 22.5 Å². The van der Waals surface area contributed by atoms with E-state index in [4.69, 9.17) is 19.7 Å². The molecule has 0 amide bonds. The summed E-state index contributed by atoms with van der Waals surface area (Å²) in [5.41, 5.74) is 13.2. The molecule has 0 fully saturated rings. The van der Waals surface area contributed by atoms with Crippen LogP contribution in [0.3, 0.4) is 0 Å². The zero-order valence-corrected chi connectivity index (χ0v) is 27.0. The van der Waals surface area contributed by atoms with E-state index < -0.39 is 5.41 Å². The lowest BCUT2D eigenvalue weighted by atomic mass is 9.65. The van der Waals surface area contributed by atoms with E-state index in [1.54, 1.807) is 0 Å². The zero-order valence-electron chi connectivity index (χ0n) is 27.0. The van der Waals surface area contributed by atoms with Crippen molar-refractivity contribution in [2.24, 2.45) is 0 Å². The van der Waals surface area contributed by atoms with Crippen molar-refractivity contribution in [1.29, 1.82) is 0 Å². The van der Waals surface area contributed by atoms with Crippen LogP contribution in [0.25, 0.3) is 56.3 Å². The highest BCUT2D eigenvalue weighted by molar-refractivity contribution is 5.90. The van der Waals surface area contributed by atoms with Crippen molar-refractivity contribution in [3.8, 4) is 67.8 Å². The van der Waals surface area contributed by atoms with Crippen molar-refractivity contribution in [3.05, 3.63) is 198 Å². The van der Waals surface area contributed by atoms with Gasteiger partial charge in [0, 0.05) is 39.6 Å². The third-order valence-corrected chi connectivity index (χ3v) is 10.0. The molecular weight excluding hydrogens is 611 g/mol. The molecule has 50 heavy (non-hydrogen) atoms. The molecule has 0 bridgehead atoms. The van der Waals surface area contributed by atoms with E-state index in [1.165, 1.54) is 22.3 Å². The molecule has 1 aliphatic carbocycles. The van der Waals surface area contributed by atoms with Crippen LogP contribution in [0.2, 0.25) is 0 Å². The maximum Gasteiger partial charge on any atom is 0.160 e. The lowest BCUT2D eigenvalue weighted by molar-refractivity contribution is 0.436. The number of fused-ring (bicyclic) bond motifs is 9. The van der Waals surface area contributed by atoms with Gasteiger partial charge in [-0.15, -0.1) is 0 Å². The summed E-state index contributed by atoms with van der Waals surface area (Å²) in [6.07, 6.45) is 1.85. The van der Waals surface area contributed by atoms with Crippen LogP contribution in [0.1, 0.15) is 22.3 Å². The Morgan fingerprint density at radius 3 is 1.50 bits per heavy atom. The highest BCUT2D eigenvalue weighted by atomic mass is 16.5. The zero-order chi connectivity index (χ0) is 33.1. The second-order valence-electron chi connectivity index (χ2n) is 12.8. The third kappa shape index (κ3) is 4.28. The van der Waals surface area contributed by atoms with Crippen molar-refractivity contribution in [2.75, 3.05) is 0 Å². The molecule has 1 aliphatic heterocycles. The first-order valence-electron chi connectivity index (χ1n) is 16.9. The maximum absolute atomic E-state index is 6.81. The number of ether oxygens (including phenoxy) is 1. The normalized spacial score (nSPS) is 13.1. The van der Waals surface area contributed by atoms with E-state index in [2.05, 4.69) is 121 Å². The smallest absolute Gasteiger partial charge is 0.160 e. The number of aromatic nitrogens is 3. The predicted octanol–water partition coefficient (Wildman–Crippen LogP) is 11.0. The van der Waals surface area contributed by atoms with Gasteiger partial charge in [-0.05, 0) is 76.9 Å². The molecule has 0 radical (unpaired) electrons. The number of hydrogen-bond acceptors (Lipinski definition) is 4. The van der Waals surface area contributed by atoms with Crippen LogP contribution in [0, 0.1) is 0 Å². The fourth-order valence-corrected chi connectivity index (χ4v) is 7.82. The molecule has 4 heteroatoms.